The van der Waals surface area contributed by atoms with Crippen molar-refractivity contribution in [2.45, 2.75) is 12.4 Å². The molecule has 0 aromatic rings. The van der Waals surface area contributed by atoms with Crippen LogP contribution in [0.25, 0.3) is 0 Å². The maximum Gasteiger partial charge on any atom is 0.346 e. The molecule has 0 bridgehead atoms. The Kier molecular flexibility index (Phi) is 2.60. The second kappa shape index (κ2) is 3.51. The number of aliphatic hydroxyl groups excluding tert-OH is 1. The molecule has 1 aliphatic rings. The summed E-state index contributed by atoms with van der Waals surface area (Å²) in [5.74, 6) is -1.74. The minimum absolute atomic E-state index is 0.152. The molecule has 0 saturated carbocycles. The smallest absolute Gasteiger partial charge is 0.346 e. The highest BCUT2D eigenvalue weighted by Gasteiger charge is 2.29. The number of nitrogens with one attached hydrogen (secondary N) is 1. The first-order chi connectivity index (χ1) is 6.06. The van der Waals surface area contributed by atoms with E-state index in [1.165, 1.54) is 0 Å². The van der Waals surface area contributed by atoms with Crippen LogP contribution in [0.5, 0.6) is 0 Å². The predicted octanol–water partition coefficient (Wildman–Crippen LogP) is -1.55. The fraction of sp³-hybridized carbons (Fsp3) is 0.429. The van der Waals surface area contributed by atoms with Crippen LogP contribution >= 0.6 is 0 Å². The first-order valence-corrected chi connectivity index (χ1v) is 3.87. The molecule has 2 N–H and O–H groups in total. The summed E-state index contributed by atoms with van der Waals surface area (Å²) in [6, 6.07) is 0. The van der Waals surface area contributed by atoms with E-state index in [1.54, 1.807) is 7.85 Å². The van der Waals surface area contributed by atoms with Crippen LogP contribution in [0.3, 0.4) is 0 Å². The highest BCUT2D eigenvalue weighted by molar-refractivity contribution is 6.21. The molecular formula is C7H10BNO4. The highest BCUT2D eigenvalue weighted by Crippen LogP contribution is 2.14. The van der Waals surface area contributed by atoms with Crippen LogP contribution in [0.4, 0.5) is 0 Å². The van der Waals surface area contributed by atoms with Gasteiger partial charge in [-0.3, -0.25) is 4.79 Å². The molecule has 1 amide bonds. The topological polar surface area (TPSA) is 75.6 Å². The normalized spacial score (nSPS) is 22.5. The highest BCUT2D eigenvalue weighted by atomic mass is 16.5. The standard InChI is InChI=1S/C7H10BNO4/c1-13-7(12)5-3(10)2-4(8)9-6(5)11/h4,10H,2,8H2,1H3,(H,9,11). The molecule has 1 atom stereocenters. The van der Waals surface area contributed by atoms with Gasteiger partial charge in [-0.1, -0.05) is 0 Å². The molecule has 6 heteroatoms. The number of ether oxygens (including phenoxy) is 1. The van der Waals surface area contributed by atoms with Crippen molar-refractivity contribution in [3.63, 3.8) is 0 Å². The zero-order chi connectivity index (χ0) is 10.0. The van der Waals surface area contributed by atoms with Gasteiger partial charge in [0.25, 0.3) is 5.91 Å². The number of esters is 1. The number of methoxy groups -OCH3 is 1. The molecule has 0 fully saturated rings. The van der Waals surface area contributed by atoms with Crippen LogP contribution in [-0.4, -0.2) is 37.9 Å². The Bertz CT molecular complexity index is 286. The summed E-state index contributed by atoms with van der Waals surface area (Å²) in [5.41, 5.74) is -0.291. The van der Waals surface area contributed by atoms with Gasteiger partial charge in [-0.05, 0) is 0 Å². The van der Waals surface area contributed by atoms with Crippen LogP contribution in [0, 0.1) is 0 Å². The van der Waals surface area contributed by atoms with Crippen molar-refractivity contribution in [3.05, 3.63) is 11.3 Å². The zero-order valence-corrected chi connectivity index (χ0v) is 7.46. The Morgan fingerprint density at radius 2 is 2.38 bits per heavy atom. The molecule has 0 aromatic carbocycles. The average molecular weight is 183 g/mol. The van der Waals surface area contributed by atoms with Gasteiger partial charge in [-0.25, -0.2) is 4.79 Å². The second-order valence-corrected chi connectivity index (χ2v) is 2.89. The Hall–Kier alpha value is -1.46. The fourth-order valence-corrected chi connectivity index (χ4v) is 1.18. The third-order valence-corrected chi connectivity index (χ3v) is 1.78. The number of carbonyl (C=O) groups excluding carboxylic acids is 2. The van der Waals surface area contributed by atoms with Crippen molar-refractivity contribution >= 4 is 19.7 Å². The maximum atomic E-state index is 11.2. The Morgan fingerprint density at radius 1 is 1.77 bits per heavy atom. The van der Waals surface area contributed by atoms with E-state index in [1.807, 2.05) is 0 Å². The minimum atomic E-state index is -0.804. The van der Waals surface area contributed by atoms with Crippen LogP contribution in [-0.2, 0) is 14.3 Å². The van der Waals surface area contributed by atoms with E-state index >= 15 is 0 Å². The van der Waals surface area contributed by atoms with Crippen molar-refractivity contribution in [1.29, 1.82) is 0 Å². The van der Waals surface area contributed by atoms with Gasteiger partial charge in [0.15, 0.2) is 5.57 Å². The third-order valence-electron chi connectivity index (χ3n) is 1.78. The summed E-state index contributed by atoms with van der Waals surface area (Å²) in [7, 11) is 2.90. The van der Waals surface area contributed by atoms with Gasteiger partial charge in [-0.15, -0.1) is 0 Å². The van der Waals surface area contributed by atoms with Crippen LogP contribution in [0.2, 0.25) is 0 Å². The van der Waals surface area contributed by atoms with E-state index in [4.69, 9.17) is 0 Å². The summed E-state index contributed by atoms with van der Waals surface area (Å²) in [6.45, 7) is 0. The van der Waals surface area contributed by atoms with Crippen molar-refractivity contribution < 1.29 is 19.4 Å². The number of amides is 1. The lowest BCUT2D eigenvalue weighted by Gasteiger charge is -2.20. The van der Waals surface area contributed by atoms with Gasteiger partial charge in [0, 0.05) is 12.4 Å². The van der Waals surface area contributed by atoms with Crippen molar-refractivity contribution in [1.82, 2.24) is 5.32 Å². The molecule has 0 aromatic heterocycles. The quantitative estimate of drug-likeness (QED) is 0.293. The molecule has 0 aliphatic carbocycles. The van der Waals surface area contributed by atoms with Crippen LogP contribution in [0.1, 0.15) is 6.42 Å². The molecule has 1 aliphatic heterocycles. The Labute approximate surface area is 76.2 Å². The Morgan fingerprint density at radius 3 is 2.85 bits per heavy atom. The minimum Gasteiger partial charge on any atom is -0.511 e. The van der Waals surface area contributed by atoms with E-state index in [0.29, 0.717) is 0 Å². The number of aliphatic hydroxyl groups is 1. The van der Waals surface area contributed by atoms with Crippen molar-refractivity contribution in [2.75, 3.05) is 7.11 Å². The maximum absolute atomic E-state index is 11.2. The van der Waals surface area contributed by atoms with Gasteiger partial charge in [0.1, 0.15) is 13.6 Å². The SMILES string of the molecule is BC1CC(O)=C(C(=O)OC)C(=O)N1. The second-order valence-electron chi connectivity index (χ2n) is 2.89. The summed E-state index contributed by atoms with van der Waals surface area (Å²) in [6.07, 6.45) is 0.260. The number of rotatable bonds is 1. The molecule has 5 nitrogen and oxygen atoms in total. The number of hydrogen-bond donors (Lipinski definition) is 2. The lowest BCUT2D eigenvalue weighted by Crippen LogP contribution is -2.42. The molecule has 0 spiro atoms. The molecular weight excluding hydrogens is 173 g/mol. The van der Waals surface area contributed by atoms with Crippen molar-refractivity contribution in [3.8, 4) is 0 Å². The molecule has 1 heterocycles. The fourth-order valence-electron chi connectivity index (χ4n) is 1.18. The van der Waals surface area contributed by atoms with E-state index < -0.39 is 11.9 Å². The van der Waals surface area contributed by atoms with Gasteiger partial charge in [-0.2, -0.15) is 0 Å². The third kappa shape index (κ3) is 1.82. The molecule has 13 heavy (non-hydrogen) atoms. The van der Waals surface area contributed by atoms with E-state index in [-0.39, 0.29) is 23.7 Å². The molecule has 0 saturated heterocycles. The van der Waals surface area contributed by atoms with Gasteiger partial charge < -0.3 is 15.2 Å². The van der Waals surface area contributed by atoms with E-state index in [2.05, 4.69) is 10.1 Å². The first kappa shape index (κ1) is 9.63. The predicted molar refractivity (Wildman–Crippen MR) is 46.8 cm³/mol. The summed E-state index contributed by atoms with van der Waals surface area (Å²) in [5, 5.41) is 11.8. The summed E-state index contributed by atoms with van der Waals surface area (Å²) >= 11 is 0. The Balaban J connectivity index is 2.98. The molecule has 0 radical (unpaired) electrons. The number of carbonyl (C=O) groups is 2. The monoisotopic (exact) mass is 183 g/mol. The number of hydrogen-bond acceptors (Lipinski definition) is 4. The van der Waals surface area contributed by atoms with Gasteiger partial charge in [0.05, 0.1) is 7.11 Å². The van der Waals surface area contributed by atoms with Crippen LogP contribution < -0.4 is 5.32 Å². The lowest BCUT2D eigenvalue weighted by atomic mass is 9.88. The molecule has 70 valence electrons. The largest absolute Gasteiger partial charge is 0.511 e. The van der Waals surface area contributed by atoms with E-state index in [9.17, 15) is 14.7 Å². The average Bonchev–Trinajstić information content (AvgIpc) is 2.02. The van der Waals surface area contributed by atoms with Gasteiger partial charge >= 0.3 is 5.97 Å². The lowest BCUT2D eigenvalue weighted by molar-refractivity contribution is -0.138. The van der Waals surface area contributed by atoms with E-state index in [0.717, 1.165) is 7.11 Å². The van der Waals surface area contributed by atoms with Gasteiger partial charge in [0.2, 0.25) is 0 Å². The summed E-state index contributed by atoms with van der Waals surface area (Å²) < 4.78 is 4.35. The van der Waals surface area contributed by atoms with Crippen molar-refractivity contribution in [2.24, 2.45) is 0 Å². The van der Waals surface area contributed by atoms with Crippen LogP contribution in [0.15, 0.2) is 11.3 Å². The first-order valence-electron chi connectivity index (χ1n) is 3.87. The molecule has 1 rings (SSSR count). The summed E-state index contributed by atoms with van der Waals surface area (Å²) in [4.78, 5) is 22.2. The zero-order valence-electron chi connectivity index (χ0n) is 7.46. The molecule has 1 unspecified atom stereocenters.